The van der Waals surface area contributed by atoms with Crippen LogP contribution in [0, 0.1) is 17.8 Å². The first-order valence-corrected chi connectivity index (χ1v) is 14.2. The third-order valence-electron chi connectivity index (χ3n) is 6.70. The van der Waals surface area contributed by atoms with Gasteiger partial charge in [0.15, 0.2) is 0 Å². The Hall–Kier alpha value is -2.64. The summed E-state index contributed by atoms with van der Waals surface area (Å²) in [7, 11) is 3.21. The van der Waals surface area contributed by atoms with Gasteiger partial charge in [-0.05, 0) is 50.9 Å². The minimum atomic E-state index is -1.26. The van der Waals surface area contributed by atoms with Crippen LogP contribution in [0.15, 0.2) is 25.3 Å². The van der Waals surface area contributed by atoms with Crippen LogP contribution in [-0.2, 0) is 19.2 Å². The lowest BCUT2D eigenvalue weighted by atomic mass is 9.92. The van der Waals surface area contributed by atoms with Crippen molar-refractivity contribution < 1.29 is 24.3 Å². The van der Waals surface area contributed by atoms with E-state index in [1.807, 2.05) is 19.9 Å². The number of carbonyl (C=O) groups is 4. The lowest BCUT2D eigenvalue weighted by Crippen LogP contribution is -2.53. The molecule has 0 saturated heterocycles. The van der Waals surface area contributed by atoms with E-state index < -0.39 is 29.9 Å². The number of aliphatic carboxylic acids is 1. The third kappa shape index (κ3) is 14.9. The van der Waals surface area contributed by atoms with Gasteiger partial charge in [0.1, 0.15) is 12.1 Å². The van der Waals surface area contributed by atoms with E-state index in [0.29, 0.717) is 12.8 Å². The first kappa shape index (κ1) is 35.4. The Morgan fingerprint density at radius 3 is 1.95 bits per heavy atom. The van der Waals surface area contributed by atoms with Crippen molar-refractivity contribution in [2.24, 2.45) is 17.8 Å². The maximum Gasteiger partial charge on any atom is 0.326 e. The molecule has 0 aliphatic carbocycles. The molecular weight excluding hydrogens is 482 g/mol. The van der Waals surface area contributed by atoms with Gasteiger partial charge in [-0.25, -0.2) is 4.79 Å². The first-order chi connectivity index (χ1) is 18.0. The van der Waals surface area contributed by atoms with Crippen LogP contribution in [0.2, 0.25) is 0 Å². The molecule has 3 amide bonds. The van der Waals surface area contributed by atoms with Gasteiger partial charge >= 0.3 is 5.97 Å². The molecule has 38 heavy (non-hydrogen) atoms. The number of carboxylic acids is 1. The van der Waals surface area contributed by atoms with Gasteiger partial charge in [-0.3, -0.25) is 14.4 Å². The second-order valence-electron chi connectivity index (χ2n) is 10.9. The molecule has 0 spiro atoms. The zero-order chi connectivity index (χ0) is 29.1. The van der Waals surface area contributed by atoms with Crippen molar-refractivity contribution in [2.75, 3.05) is 14.1 Å². The van der Waals surface area contributed by atoms with Crippen LogP contribution >= 0.6 is 0 Å². The summed E-state index contributed by atoms with van der Waals surface area (Å²) in [4.78, 5) is 52.5. The predicted molar refractivity (Wildman–Crippen MR) is 153 cm³/mol. The minimum absolute atomic E-state index is 0.0611. The summed E-state index contributed by atoms with van der Waals surface area (Å²) in [6.07, 6.45) is 12.7. The molecule has 0 rings (SSSR count). The topological polar surface area (TPSA) is 116 Å². The highest BCUT2D eigenvalue weighted by Gasteiger charge is 2.32. The largest absolute Gasteiger partial charge is 0.480 e. The van der Waals surface area contributed by atoms with Crippen molar-refractivity contribution in [3.05, 3.63) is 25.3 Å². The van der Waals surface area contributed by atoms with E-state index in [2.05, 4.69) is 30.7 Å². The summed E-state index contributed by atoms with van der Waals surface area (Å²) < 4.78 is 0. The molecule has 0 bridgehead atoms. The number of hydrogen-bond donors (Lipinski definition) is 3. The van der Waals surface area contributed by atoms with Crippen LogP contribution in [0.3, 0.4) is 0 Å². The third-order valence-corrected chi connectivity index (χ3v) is 6.70. The number of hydrogen-bond acceptors (Lipinski definition) is 4. The van der Waals surface area contributed by atoms with Gasteiger partial charge in [0.05, 0.1) is 0 Å². The molecule has 0 saturated carbocycles. The summed E-state index contributed by atoms with van der Waals surface area (Å²) in [5.74, 6) is -2.87. The van der Waals surface area contributed by atoms with Crippen molar-refractivity contribution in [3.63, 3.8) is 0 Å². The number of nitrogens with zero attached hydrogens (tertiary/aromatic N) is 1. The average molecular weight is 536 g/mol. The van der Waals surface area contributed by atoms with Gasteiger partial charge in [-0.15, -0.1) is 13.2 Å². The van der Waals surface area contributed by atoms with Crippen molar-refractivity contribution in [2.45, 2.75) is 110 Å². The Morgan fingerprint density at radius 2 is 1.42 bits per heavy atom. The van der Waals surface area contributed by atoms with E-state index in [9.17, 15) is 24.3 Å². The number of amides is 3. The van der Waals surface area contributed by atoms with Crippen LogP contribution < -0.4 is 10.6 Å². The maximum atomic E-state index is 13.3. The monoisotopic (exact) mass is 535 g/mol. The highest BCUT2D eigenvalue weighted by atomic mass is 16.4. The Labute approximate surface area is 230 Å². The molecular formula is C30H53N3O5. The highest BCUT2D eigenvalue weighted by Crippen LogP contribution is 2.20. The summed E-state index contributed by atoms with van der Waals surface area (Å²) in [5.41, 5.74) is 0. The molecule has 0 heterocycles. The zero-order valence-corrected chi connectivity index (χ0v) is 24.5. The van der Waals surface area contributed by atoms with Crippen molar-refractivity contribution in [1.29, 1.82) is 0 Å². The van der Waals surface area contributed by atoms with Crippen LogP contribution in [0.25, 0.3) is 0 Å². The van der Waals surface area contributed by atoms with Gasteiger partial charge < -0.3 is 20.6 Å². The fourth-order valence-electron chi connectivity index (χ4n) is 4.54. The van der Waals surface area contributed by atoms with E-state index in [4.69, 9.17) is 0 Å². The van der Waals surface area contributed by atoms with Crippen molar-refractivity contribution >= 4 is 23.7 Å². The molecule has 0 aromatic carbocycles. The molecule has 0 fully saturated rings. The lowest BCUT2D eigenvalue weighted by Gasteiger charge is -2.27. The van der Waals surface area contributed by atoms with Crippen LogP contribution in [0.5, 0.6) is 0 Å². The van der Waals surface area contributed by atoms with Crippen molar-refractivity contribution in [1.82, 2.24) is 15.5 Å². The highest BCUT2D eigenvalue weighted by molar-refractivity contribution is 5.91. The van der Waals surface area contributed by atoms with Crippen LogP contribution in [-0.4, -0.2) is 59.9 Å². The normalized spacial score (nSPS) is 14.2. The second kappa shape index (κ2) is 20.3. The van der Waals surface area contributed by atoms with E-state index >= 15 is 0 Å². The van der Waals surface area contributed by atoms with Gasteiger partial charge in [-0.1, -0.05) is 65.0 Å². The standard InChI is InChI=1S/C30H53N3O5/c1-8-11-13-14-16-19-23(18-15-12-9-2)27(34)31-25(20-22(4)5)28(35)32-26(30(37)38)21-24(17-10-3)29(36)33(6)7/h9-10,22-26H,2-3,8,11-21H2,1,4-7H3,(H,31,34)(H,32,35)(H,37,38)/t23?,24?,25-,26-/m0/s1. The quantitative estimate of drug-likeness (QED) is 0.132. The summed E-state index contributed by atoms with van der Waals surface area (Å²) in [5, 5.41) is 15.3. The minimum Gasteiger partial charge on any atom is -0.480 e. The molecule has 218 valence electrons. The molecule has 0 aromatic heterocycles. The molecule has 0 aromatic rings. The number of carboxylic acid groups (broad SMARTS) is 1. The number of rotatable bonds is 22. The number of nitrogens with one attached hydrogen (secondary N) is 2. The molecule has 2 unspecified atom stereocenters. The van der Waals surface area contributed by atoms with Gasteiger partial charge in [0, 0.05) is 25.9 Å². The molecule has 0 aliphatic rings. The molecule has 8 heteroatoms. The number of allylic oxidation sites excluding steroid dienone is 2. The molecule has 0 aliphatic heterocycles. The molecule has 0 radical (unpaired) electrons. The summed E-state index contributed by atoms with van der Waals surface area (Å²) in [6, 6.07) is -2.11. The van der Waals surface area contributed by atoms with E-state index in [1.165, 1.54) is 11.3 Å². The van der Waals surface area contributed by atoms with Crippen LogP contribution in [0.1, 0.15) is 97.8 Å². The Morgan fingerprint density at radius 1 is 0.816 bits per heavy atom. The Balaban J connectivity index is 5.55. The number of carbonyl (C=O) groups excluding carboxylic acids is 3. The second-order valence-corrected chi connectivity index (χ2v) is 10.9. The summed E-state index contributed by atoms with van der Waals surface area (Å²) >= 11 is 0. The van der Waals surface area contributed by atoms with E-state index in [0.717, 1.165) is 51.4 Å². The Bertz CT molecular complexity index is 750. The van der Waals surface area contributed by atoms with Gasteiger partial charge in [0.25, 0.3) is 0 Å². The van der Waals surface area contributed by atoms with E-state index in [1.54, 1.807) is 20.2 Å². The lowest BCUT2D eigenvalue weighted by molar-refractivity contribution is -0.143. The fourth-order valence-corrected chi connectivity index (χ4v) is 4.54. The molecule has 8 nitrogen and oxygen atoms in total. The predicted octanol–water partition coefficient (Wildman–Crippen LogP) is 5.09. The molecule has 3 N–H and O–H groups in total. The smallest absolute Gasteiger partial charge is 0.326 e. The van der Waals surface area contributed by atoms with Crippen LogP contribution in [0.4, 0.5) is 0 Å². The summed E-state index contributed by atoms with van der Waals surface area (Å²) in [6.45, 7) is 13.5. The zero-order valence-electron chi connectivity index (χ0n) is 24.5. The Kier molecular flexibility index (Phi) is 18.9. The van der Waals surface area contributed by atoms with E-state index in [-0.39, 0.29) is 30.1 Å². The number of unbranched alkanes of at least 4 members (excludes halogenated alkanes) is 5. The maximum absolute atomic E-state index is 13.3. The van der Waals surface area contributed by atoms with Crippen molar-refractivity contribution in [3.8, 4) is 0 Å². The van der Waals surface area contributed by atoms with Gasteiger partial charge in [-0.2, -0.15) is 0 Å². The van der Waals surface area contributed by atoms with Gasteiger partial charge in [0.2, 0.25) is 17.7 Å². The molecule has 4 atom stereocenters. The fraction of sp³-hybridized carbons (Fsp3) is 0.733. The first-order valence-electron chi connectivity index (χ1n) is 14.2. The average Bonchev–Trinajstić information content (AvgIpc) is 2.85. The SMILES string of the molecule is C=CCCCC(CCCCCCC)C(=O)N[C@@H](CC(C)C)C(=O)N[C@@H](CC(CC=C)C(=O)N(C)C)C(=O)O.